The molecule has 1 amide bonds. The van der Waals surface area contributed by atoms with Crippen molar-refractivity contribution in [3.05, 3.63) is 78.1 Å². The van der Waals surface area contributed by atoms with E-state index in [2.05, 4.69) is 50.5 Å². The molecule has 1 N–H and O–H groups in total. The molecule has 150 valence electrons. The highest BCUT2D eigenvalue weighted by Gasteiger charge is 2.12. The van der Waals surface area contributed by atoms with Crippen molar-refractivity contribution in [2.45, 2.75) is 20.3 Å². The zero-order chi connectivity index (χ0) is 21.1. The van der Waals surface area contributed by atoms with Crippen LogP contribution in [-0.4, -0.2) is 30.6 Å². The number of pyridine rings is 1. The molecule has 0 radical (unpaired) electrons. The Morgan fingerprint density at radius 3 is 2.60 bits per heavy atom. The van der Waals surface area contributed by atoms with Crippen molar-refractivity contribution in [3.63, 3.8) is 0 Å². The number of hydrogen-bond donors (Lipinski definition) is 1. The SMILES string of the molecule is CCc1ccc(-c2cnn(C)c2)cc1-c1cnc(NC(=O)c2cnccc2C)cn1. The fourth-order valence-electron chi connectivity index (χ4n) is 3.29. The van der Waals surface area contributed by atoms with Crippen LogP contribution in [0.2, 0.25) is 0 Å². The second kappa shape index (κ2) is 8.24. The Bertz CT molecular complexity index is 1200. The largest absolute Gasteiger partial charge is 0.305 e. The number of carbonyl (C=O) groups excluding carboxylic acids is 1. The van der Waals surface area contributed by atoms with E-state index in [1.165, 1.54) is 5.56 Å². The minimum Gasteiger partial charge on any atom is -0.305 e. The average molecular weight is 398 g/mol. The third-order valence-electron chi connectivity index (χ3n) is 4.98. The molecule has 0 unspecified atom stereocenters. The number of hydrogen-bond acceptors (Lipinski definition) is 5. The minimum absolute atomic E-state index is 0.254. The number of aromatic nitrogens is 5. The summed E-state index contributed by atoms with van der Waals surface area (Å²) in [5, 5.41) is 7.04. The summed E-state index contributed by atoms with van der Waals surface area (Å²) in [5.41, 5.74) is 6.44. The number of carbonyl (C=O) groups is 1. The van der Waals surface area contributed by atoms with Crippen LogP contribution >= 0.6 is 0 Å². The fourth-order valence-corrected chi connectivity index (χ4v) is 3.29. The first-order chi connectivity index (χ1) is 14.5. The molecule has 4 aromatic rings. The van der Waals surface area contributed by atoms with Crippen LogP contribution in [0.4, 0.5) is 5.82 Å². The second-order valence-corrected chi connectivity index (χ2v) is 7.06. The zero-order valence-electron chi connectivity index (χ0n) is 17.1. The van der Waals surface area contributed by atoms with Crippen molar-refractivity contribution in [3.8, 4) is 22.4 Å². The molecule has 1 aromatic carbocycles. The van der Waals surface area contributed by atoms with E-state index < -0.39 is 0 Å². The van der Waals surface area contributed by atoms with Crippen molar-refractivity contribution >= 4 is 11.7 Å². The van der Waals surface area contributed by atoms with Crippen LogP contribution in [0, 0.1) is 6.92 Å². The zero-order valence-corrected chi connectivity index (χ0v) is 17.1. The van der Waals surface area contributed by atoms with Crippen LogP contribution in [0.5, 0.6) is 0 Å². The monoisotopic (exact) mass is 398 g/mol. The number of benzene rings is 1. The molecular weight excluding hydrogens is 376 g/mol. The van der Waals surface area contributed by atoms with Gasteiger partial charge >= 0.3 is 0 Å². The van der Waals surface area contributed by atoms with Crippen molar-refractivity contribution in [1.82, 2.24) is 24.7 Å². The lowest BCUT2D eigenvalue weighted by atomic mass is 9.97. The predicted octanol–water partition coefficient (Wildman–Crippen LogP) is 4.06. The van der Waals surface area contributed by atoms with Gasteiger partial charge in [0.2, 0.25) is 0 Å². The van der Waals surface area contributed by atoms with E-state index in [1.54, 1.807) is 35.5 Å². The lowest BCUT2D eigenvalue weighted by Crippen LogP contribution is -2.14. The summed E-state index contributed by atoms with van der Waals surface area (Å²) in [6.07, 6.45) is 11.2. The van der Waals surface area contributed by atoms with Gasteiger partial charge in [-0.15, -0.1) is 0 Å². The number of amides is 1. The van der Waals surface area contributed by atoms with E-state index >= 15 is 0 Å². The summed E-state index contributed by atoms with van der Waals surface area (Å²) in [6, 6.07) is 8.11. The van der Waals surface area contributed by atoms with Crippen LogP contribution in [0.3, 0.4) is 0 Å². The molecule has 30 heavy (non-hydrogen) atoms. The molecule has 3 heterocycles. The van der Waals surface area contributed by atoms with Crippen LogP contribution in [-0.2, 0) is 13.5 Å². The summed E-state index contributed by atoms with van der Waals surface area (Å²) >= 11 is 0. The van der Waals surface area contributed by atoms with E-state index in [9.17, 15) is 4.79 Å². The van der Waals surface area contributed by atoms with Gasteiger partial charge in [0, 0.05) is 36.8 Å². The lowest BCUT2D eigenvalue weighted by molar-refractivity contribution is 0.102. The van der Waals surface area contributed by atoms with Gasteiger partial charge in [0.1, 0.15) is 0 Å². The molecule has 0 fully saturated rings. The molecule has 0 aliphatic rings. The van der Waals surface area contributed by atoms with Gasteiger partial charge < -0.3 is 5.32 Å². The second-order valence-electron chi connectivity index (χ2n) is 7.06. The van der Waals surface area contributed by atoms with Gasteiger partial charge in [0.25, 0.3) is 5.91 Å². The van der Waals surface area contributed by atoms with E-state index in [-0.39, 0.29) is 5.91 Å². The highest BCUT2D eigenvalue weighted by atomic mass is 16.1. The molecule has 7 heteroatoms. The van der Waals surface area contributed by atoms with E-state index in [4.69, 9.17) is 0 Å². The third kappa shape index (κ3) is 3.96. The molecule has 0 saturated carbocycles. The Balaban J connectivity index is 1.60. The maximum Gasteiger partial charge on any atom is 0.258 e. The third-order valence-corrected chi connectivity index (χ3v) is 4.98. The molecule has 4 rings (SSSR count). The molecule has 0 atom stereocenters. The van der Waals surface area contributed by atoms with Gasteiger partial charge in [-0.25, -0.2) is 4.98 Å². The minimum atomic E-state index is -0.254. The quantitative estimate of drug-likeness (QED) is 0.548. The topological polar surface area (TPSA) is 85.6 Å². The first kappa shape index (κ1) is 19.4. The standard InChI is InChI=1S/C23H22N6O/c1-4-16-5-6-17(18-10-27-29(3)14-18)9-19(16)21-12-26-22(13-25-21)28-23(30)20-11-24-8-7-15(20)2/h5-14H,4H2,1-3H3,(H,26,28,30). The first-order valence-electron chi connectivity index (χ1n) is 9.71. The number of nitrogens with zero attached hydrogens (tertiary/aromatic N) is 5. The Kier molecular flexibility index (Phi) is 5.34. The number of rotatable bonds is 5. The molecule has 7 nitrogen and oxygen atoms in total. The summed E-state index contributed by atoms with van der Waals surface area (Å²) in [5.74, 6) is 0.143. The summed E-state index contributed by atoms with van der Waals surface area (Å²) in [4.78, 5) is 25.4. The van der Waals surface area contributed by atoms with Gasteiger partial charge in [-0.1, -0.05) is 19.1 Å². The van der Waals surface area contributed by atoms with Crippen molar-refractivity contribution in [2.24, 2.45) is 7.05 Å². The number of nitrogens with one attached hydrogen (secondary N) is 1. The molecule has 0 spiro atoms. The van der Waals surface area contributed by atoms with Gasteiger partial charge in [-0.3, -0.25) is 19.4 Å². The maximum atomic E-state index is 12.5. The number of anilines is 1. The Morgan fingerprint density at radius 1 is 1.07 bits per heavy atom. The van der Waals surface area contributed by atoms with Crippen molar-refractivity contribution in [1.29, 1.82) is 0 Å². The van der Waals surface area contributed by atoms with Gasteiger partial charge in [-0.2, -0.15) is 5.10 Å². The molecule has 3 aromatic heterocycles. The Hall–Kier alpha value is -3.87. The predicted molar refractivity (Wildman–Crippen MR) is 116 cm³/mol. The fraction of sp³-hybridized carbons (Fsp3) is 0.174. The number of aryl methyl sites for hydroxylation is 3. The van der Waals surface area contributed by atoms with Gasteiger partial charge in [-0.05, 0) is 42.2 Å². The van der Waals surface area contributed by atoms with Gasteiger partial charge in [0.05, 0.1) is 29.8 Å². The lowest BCUT2D eigenvalue weighted by Gasteiger charge is -2.11. The molecule has 0 aliphatic heterocycles. The highest BCUT2D eigenvalue weighted by molar-refractivity contribution is 6.04. The van der Waals surface area contributed by atoms with E-state index in [0.717, 1.165) is 34.4 Å². The van der Waals surface area contributed by atoms with Crippen LogP contribution < -0.4 is 5.32 Å². The van der Waals surface area contributed by atoms with E-state index in [0.29, 0.717) is 11.4 Å². The summed E-state index contributed by atoms with van der Waals surface area (Å²) in [6.45, 7) is 3.98. The first-order valence-corrected chi connectivity index (χ1v) is 9.71. The molecule has 0 aliphatic carbocycles. The summed E-state index contributed by atoms with van der Waals surface area (Å²) < 4.78 is 1.78. The molecule has 0 bridgehead atoms. The van der Waals surface area contributed by atoms with E-state index in [1.807, 2.05) is 26.4 Å². The van der Waals surface area contributed by atoms with Crippen LogP contribution in [0.15, 0.2) is 61.4 Å². The normalized spacial score (nSPS) is 10.8. The van der Waals surface area contributed by atoms with Gasteiger partial charge in [0.15, 0.2) is 5.82 Å². The van der Waals surface area contributed by atoms with Crippen molar-refractivity contribution < 1.29 is 4.79 Å². The Morgan fingerprint density at radius 2 is 1.93 bits per heavy atom. The van der Waals surface area contributed by atoms with Crippen LogP contribution in [0.1, 0.15) is 28.4 Å². The maximum absolute atomic E-state index is 12.5. The smallest absolute Gasteiger partial charge is 0.258 e. The van der Waals surface area contributed by atoms with Crippen LogP contribution in [0.25, 0.3) is 22.4 Å². The summed E-state index contributed by atoms with van der Waals surface area (Å²) in [7, 11) is 1.90. The van der Waals surface area contributed by atoms with Crippen molar-refractivity contribution in [2.75, 3.05) is 5.32 Å². The highest BCUT2D eigenvalue weighted by Crippen LogP contribution is 2.29. The molecule has 0 saturated heterocycles. The Labute approximate surface area is 174 Å². The average Bonchev–Trinajstić information content (AvgIpc) is 3.20. The molecular formula is C23H22N6O.